The molecule has 0 N–H and O–H groups in total. The Hall–Kier alpha value is -1.96. The van der Waals surface area contributed by atoms with Crippen molar-refractivity contribution in [1.29, 1.82) is 0 Å². The minimum absolute atomic E-state index is 0.802. The van der Waals surface area contributed by atoms with Gasteiger partial charge in [-0.15, -0.1) is 0 Å². The normalized spacial score (nSPS) is 9.11. The lowest BCUT2D eigenvalue weighted by molar-refractivity contribution is 1.52. The second kappa shape index (κ2) is 6.10. The minimum atomic E-state index is 0.802. The largest absolute Gasteiger partial charge is 0.195 e. The topological polar surface area (TPSA) is 24.7 Å². The van der Waals surface area contributed by atoms with E-state index in [1.165, 1.54) is 0 Å². The predicted octanol–water partition coefficient (Wildman–Crippen LogP) is 4.82. The summed E-state index contributed by atoms with van der Waals surface area (Å²) in [5.41, 5.74) is 3.82. The lowest BCUT2D eigenvalue weighted by Crippen LogP contribution is -1.76. The van der Waals surface area contributed by atoms with E-state index < -0.39 is 0 Å². The fourth-order valence-corrected chi connectivity index (χ4v) is 1.77. The fourth-order valence-electron chi connectivity index (χ4n) is 1.56. The molecular formula is C14H8N2S2. The number of hydrogen-bond donors (Lipinski definition) is 0. The zero-order valence-corrected chi connectivity index (χ0v) is 11.0. The van der Waals surface area contributed by atoms with Crippen molar-refractivity contribution in [3.05, 3.63) is 48.5 Å². The van der Waals surface area contributed by atoms with Crippen LogP contribution in [0.1, 0.15) is 0 Å². The van der Waals surface area contributed by atoms with Crippen molar-refractivity contribution >= 4 is 46.1 Å². The molecule has 0 aliphatic rings. The molecule has 4 heteroatoms. The lowest BCUT2D eigenvalue weighted by atomic mass is 10.1. The Balaban J connectivity index is 2.30. The van der Waals surface area contributed by atoms with Gasteiger partial charge in [-0.25, -0.2) is 0 Å². The van der Waals surface area contributed by atoms with Crippen molar-refractivity contribution in [2.24, 2.45) is 9.98 Å². The molecule has 0 radical (unpaired) electrons. The number of hydrogen-bond acceptors (Lipinski definition) is 4. The van der Waals surface area contributed by atoms with E-state index >= 15 is 0 Å². The van der Waals surface area contributed by atoms with E-state index in [1.807, 2.05) is 48.5 Å². The van der Waals surface area contributed by atoms with Gasteiger partial charge in [0.05, 0.1) is 21.7 Å². The summed E-state index contributed by atoms with van der Waals surface area (Å²) in [6.45, 7) is 0. The van der Waals surface area contributed by atoms with E-state index in [1.54, 1.807) is 0 Å². The van der Waals surface area contributed by atoms with Crippen LogP contribution in [0.2, 0.25) is 0 Å². The molecule has 0 amide bonds. The molecular weight excluding hydrogens is 260 g/mol. The highest BCUT2D eigenvalue weighted by atomic mass is 32.1. The third kappa shape index (κ3) is 3.04. The van der Waals surface area contributed by atoms with Gasteiger partial charge in [0.25, 0.3) is 0 Å². The number of aliphatic imine (C=N–C) groups is 2. The third-order valence-electron chi connectivity index (χ3n) is 2.42. The monoisotopic (exact) mass is 268 g/mol. The Morgan fingerprint density at radius 2 is 0.944 bits per heavy atom. The van der Waals surface area contributed by atoms with Crippen LogP contribution in [0.5, 0.6) is 0 Å². The summed E-state index contributed by atoms with van der Waals surface area (Å²) in [5.74, 6) is 0. The van der Waals surface area contributed by atoms with Gasteiger partial charge in [0.1, 0.15) is 0 Å². The minimum Gasteiger partial charge on any atom is -0.195 e. The summed E-state index contributed by atoms with van der Waals surface area (Å²) in [5, 5.41) is 4.69. The van der Waals surface area contributed by atoms with E-state index in [0.29, 0.717) is 0 Å². The van der Waals surface area contributed by atoms with E-state index in [-0.39, 0.29) is 0 Å². The SMILES string of the molecule is S=C=Nc1ccc(-c2ccc(N=C=S)cc2)cc1. The summed E-state index contributed by atoms with van der Waals surface area (Å²) in [6, 6.07) is 15.6. The van der Waals surface area contributed by atoms with Gasteiger partial charge in [0, 0.05) is 0 Å². The van der Waals surface area contributed by atoms with Crippen LogP contribution < -0.4 is 0 Å². The van der Waals surface area contributed by atoms with Gasteiger partial charge in [0.2, 0.25) is 0 Å². The molecule has 2 aromatic carbocycles. The molecule has 2 rings (SSSR count). The Morgan fingerprint density at radius 1 is 0.611 bits per heavy atom. The second-order valence-electron chi connectivity index (χ2n) is 3.50. The van der Waals surface area contributed by atoms with Gasteiger partial charge in [-0.3, -0.25) is 0 Å². The molecule has 18 heavy (non-hydrogen) atoms. The maximum absolute atomic E-state index is 4.56. The van der Waals surface area contributed by atoms with Gasteiger partial charge < -0.3 is 0 Å². The van der Waals surface area contributed by atoms with E-state index in [0.717, 1.165) is 22.5 Å². The summed E-state index contributed by atoms with van der Waals surface area (Å²) in [4.78, 5) is 7.82. The highest BCUT2D eigenvalue weighted by Gasteiger charge is 1.97. The van der Waals surface area contributed by atoms with Crippen LogP contribution in [0.15, 0.2) is 58.5 Å². The Bertz CT molecular complexity index is 573. The number of rotatable bonds is 3. The molecule has 0 spiro atoms. The van der Waals surface area contributed by atoms with Gasteiger partial charge in [-0.1, -0.05) is 24.3 Å². The summed E-state index contributed by atoms with van der Waals surface area (Å²) in [6.07, 6.45) is 0. The van der Waals surface area contributed by atoms with Gasteiger partial charge in [-0.2, -0.15) is 9.98 Å². The van der Waals surface area contributed by atoms with Crippen LogP contribution in [-0.2, 0) is 0 Å². The predicted molar refractivity (Wildman–Crippen MR) is 81.2 cm³/mol. The van der Waals surface area contributed by atoms with Gasteiger partial charge in [-0.05, 0) is 59.8 Å². The maximum atomic E-state index is 4.56. The first-order valence-corrected chi connectivity index (χ1v) is 6.01. The van der Waals surface area contributed by atoms with Crippen LogP contribution >= 0.6 is 24.4 Å². The maximum Gasteiger partial charge on any atom is 0.0739 e. The quantitative estimate of drug-likeness (QED) is 0.588. The standard InChI is InChI=1S/C14H8N2S2/c17-9-15-13-5-1-11(2-6-13)12-3-7-14(8-4-12)16-10-18/h1-8H. The number of benzene rings is 2. The van der Waals surface area contributed by atoms with Crippen molar-refractivity contribution in [2.45, 2.75) is 0 Å². The van der Waals surface area contributed by atoms with E-state index in [4.69, 9.17) is 0 Å². The first-order chi connectivity index (χ1) is 8.83. The molecule has 86 valence electrons. The highest BCUT2D eigenvalue weighted by Crippen LogP contribution is 2.24. The number of isothiocyanates is 2. The van der Waals surface area contributed by atoms with Crippen LogP contribution in [0.3, 0.4) is 0 Å². The summed E-state index contributed by atoms with van der Waals surface area (Å²) in [7, 11) is 0. The van der Waals surface area contributed by atoms with Gasteiger partial charge in [0.15, 0.2) is 0 Å². The first kappa shape index (κ1) is 12.5. The van der Waals surface area contributed by atoms with Crippen molar-refractivity contribution < 1.29 is 0 Å². The molecule has 0 aliphatic carbocycles. The first-order valence-electron chi connectivity index (χ1n) is 5.20. The molecule has 2 aromatic rings. The third-order valence-corrected chi connectivity index (χ3v) is 2.60. The van der Waals surface area contributed by atoms with Gasteiger partial charge >= 0.3 is 0 Å². The van der Waals surface area contributed by atoms with Crippen LogP contribution in [0.4, 0.5) is 11.4 Å². The molecule has 0 fully saturated rings. The lowest BCUT2D eigenvalue weighted by Gasteiger charge is -2.02. The molecule has 0 bridgehead atoms. The molecule has 0 atom stereocenters. The average Bonchev–Trinajstić information content (AvgIpc) is 2.41. The van der Waals surface area contributed by atoms with Crippen molar-refractivity contribution in [3.63, 3.8) is 0 Å². The molecule has 0 unspecified atom stereocenters. The van der Waals surface area contributed by atoms with Crippen LogP contribution in [0, 0.1) is 0 Å². The van der Waals surface area contributed by atoms with Crippen LogP contribution in [-0.4, -0.2) is 10.3 Å². The van der Waals surface area contributed by atoms with Crippen molar-refractivity contribution in [1.82, 2.24) is 0 Å². The molecule has 2 nitrogen and oxygen atoms in total. The Morgan fingerprint density at radius 3 is 1.22 bits per heavy atom. The second-order valence-corrected chi connectivity index (χ2v) is 3.87. The summed E-state index contributed by atoms with van der Waals surface area (Å²) >= 11 is 9.12. The zero-order chi connectivity index (χ0) is 12.8. The molecule has 0 saturated heterocycles. The fraction of sp³-hybridized carbons (Fsp3) is 0. The van der Waals surface area contributed by atoms with E-state index in [9.17, 15) is 0 Å². The Kier molecular flexibility index (Phi) is 4.24. The molecule has 0 aliphatic heterocycles. The summed E-state index contributed by atoms with van der Waals surface area (Å²) < 4.78 is 0. The smallest absolute Gasteiger partial charge is 0.0739 e. The molecule has 0 heterocycles. The number of nitrogens with zero attached hydrogens (tertiary/aromatic N) is 2. The zero-order valence-electron chi connectivity index (χ0n) is 9.33. The molecule has 0 aromatic heterocycles. The van der Waals surface area contributed by atoms with Crippen LogP contribution in [0.25, 0.3) is 11.1 Å². The Labute approximate surface area is 116 Å². The highest BCUT2D eigenvalue weighted by molar-refractivity contribution is 7.78. The average molecular weight is 268 g/mol. The van der Waals surface area contributed by atoms with E-state index in [2.05, 4.69) is 44.7 Å². The van der Waals surface area contributed by atoms with Crippen molar-refractivity contribution in [3.8, 4) is 11.1 Å². The van der Waals surface area contributed by atoms with Crippen molar-refractivity contribution in [2.75, 3.05) is 0 Å². The number of thiocarbonyl (C=S) groups is 2. The molecule has 0 saturated carbocycles.